The predicted molar refractivity (Wildman–Crippen MR) is 76.4 cm³/mol. The second kappa shape index (κ2) is 6.11. The summed E-state index contributed by atoms with van der Waals surface area (Å²) in [6.45, 7) is 3.29. The Labute approximate surface area is 123 Å². The number of hydrogen-bond donors (Lipinski definition) is 1. The number of aryl methyl sites for hydroxylation is 2. The molecular weight excluding hydrogens is 280 g/mol. The van der Waals surface area contributed by atoms with Gasteiger partial charge in [-0.2, -0.15) is 5.10 Å². The SMILES string of the molecule is CCc1nn(C)c(Cl)c1CN1C[C@@H](OC)C[C@H]1C(N)=O. The summed E-state index contributed by atoms with van der Waals surface area (Å²) >= 11 is 6.30. The third kappa shape index (κ3) is 2.82. The normalized spacial score (nSPS) is 23.4. The number of halogens is 1. The molecule has 1 fully saturated rings. The molecule has 0 radical (unpaired) electrons. The predicted octanol–water partition coefficient (Wildman–Crippen LogP) is 0.711. The molecule has 2 atom stereocenters. The van der Waals surface area contributed by atoms with Crippen LogP contribution in [0.3, 0.4) is 0 Å². The highest BCUT2D eigenvalue weighted by atomic mass is 35.5. The van der Waals surface area contributed by atoms with E-state index in [0.717, 1.165) is 17.7 Å². The molecule has 6 nitrogen and oxygen atoms in total. The molecule has 2 rings (SSSR count). The van der Waals surface area contributed by atoms with E-state index in [1.54, 1.807) is 11.8 Å². The summed E-state index contributed by atoms with van der Waals surface area (Å²) in [7, 11) is 3.47. The Morgan fingerprint density at radius 1 is 1.60 bits per heavy atom. The molecule has 1 aliphatic rings. The second-order valence-corrected chi connectivity index (χ2v) is 5.49. The van der Waals surface area contributed by atoms with Gasteiger partial charge in [-0.15, -0.1) is 0 Å². The van der Waals surface area contributed by atoms with E-state index < -0.39 is 0 Å². The van der Waals surface area contributed by atoms with E-state index in [1.807, 2.05) is 18.9 Å². The van der Waals surface area contributed by atoms with E-state index in [0.29, 0.717) is 24.7 Å². The van der Waals surface area contributed by atoms with Crippen LogP contribution in [0.1, 0.15) is 24.6 Å². The first kappa shape index (κ1) is 15.3. The minimum atomic E-state index is -0.317. The topological polar surface area (TPSA) is 73.4 Å². The standard InChI is InChI=1S/C13H21ClN4O2/c1-4-10-9(12(14)17(2)16-10)7-18-6-8(20-3)5-11(18)13(15)19/h8,11H,4-7H2,1-3H3,(H2,15,19)/t8-,11-/m0/s1. The monoisotopic (exact) mass is 300 g/mol. The van der Waals surface area contributed by atoms with Gasteiger partial charge >= 0.3 is 0 Å². The number of aromatic nitrogens is 2. The highest BCUT2D eigenvalue weighted by Gasteiger charge is 2.36. The summed E-state index contributed by atoms with van der Waals surface area (Å²) in [6, 6.07) is -0.305. The summed E-state index contributed by atoms with van der Waals surface area (Å²) < 4.78 is 7.01. The summed E-state index contributed by atoms with van der Waals surface area (Å²) in [4.78, 5) is 13.6. The van der Waals surface area contributed by atoms with Crippen molar-refractivity contribution in [2.45, 2.75) is 38.5 Å². The number of primary amides is 1. The first-order chi connectivity index (χ1) is 9.47. The van der Waals surface area contributed by atoms with Gasteiger partial charge in [-0.1, -0.05) is 18.5 Å². The van der Waals surface area contributed by atoms with Crippen molar-refractivity contribution in [1.29, 1.82) is 0 Å². The van der Waals surface area contributed by atoms with Crippen molar-refractivity contribution in [2.75, 3.05) is 13.7 Å². The number of amides is 1. The molecule has 7 heteroatoms. The van der Waals surface area contributed by atoms with E-state index in [2.05, 4.69) is 5.10 Å². The Morgan fingerprint density at radius 2 is 2.30 bits per heavy atom. The van der Waals surface area contributed by atoms with Gasteiger partial charge in [0.1, 0.15) is 5.15 Å². The molecule has 1 saturated heterocycles. The van der Waals surface area contributed by atoms with Gasteiger partial charge in [0.2, 0.25) is 5.91 Å². The molecule has 112 valence electrons. The van der Waals surface area contributed by atoms with Gasteiger partial charge in [0.25, 0.3) is 0 Å². The molecule has 0 aromatic carbocycles. The van der Waals surface area contributed by atoms with Gasteiger partial charge in [0.05, 0.1) is 17.8 Å². The van der Waals surface area contributed by atoms with E-state index in [9.17, 15) is 4.79 Å². The second-order valence-electron chi connectivity index (χ2n) is 5.13. The molecular formula is C13H21ClN4O2. The van der Waals surface area contributed by atoms with E-state index in [4.69, 9.17) is 22.1 Å². The first-order valence-electron chi connectivity index (χ1n) is 6.74. The van der Waals surface area contributed by atoms with Crippen molar-refractivity contribution in [3.05, 3.63) is 16.4 Å². The van der Waals surface area contributed by atoms with E-state index >= 15 is 0 Å². The van der Waals surface area contributed by atoms with Crippen LogP contribution in [0.2, 0.25) is 5.15 Å². The molecule has 1 aliphatic heterocycles. The third-order valence-electron chi connectivity index (χ3n) is 3.88. The van der Waals surface area contributed by atoms with Gasteiger partial charge in [-0.25, -0.2) is 0 Å². The lowest BCUT2D eigenvalue weighted by Gasteiger charge is -2.21. The van der Waals surface area contributed by atoms with Crippen molar-refractivity contribution < 1.29 is 9.53 Å². The summed E-state index contributed by atoms with van der Waals surface area (Å²) in [5, 5.41) is 5.01. The third-order valence-corrected chi connectivity index (χ3v) is 4.35. The molecule has 0 aliphatic carbocycles. The van der Waals surface area contributed by atoms with Crippen molar-refractivity contribution in [3.8, 4) is 0 Å². The number of hydrogen-bond acceptors (Lipinski definition) is 4. The number of nitrogens with zero attached hydrogens (tertiary/aromatic N) is 3. The Bertz CT molecular complexity index is 503. The Morgan fingerprint density at radius 3 is 2.85 bits per heavy atom. The molecule has 1 aromatic rings. The molecule has 0 bridgehead atoms. The molecule has 1 aromatic heterocycles. The van der Waals surface area contributed by atoms with Crippen LogP contribution in [0.15, 0.2) is 0 Å². The largest absolute Gasteiger partial charge is 0.380 e. The van der Waals surface area contributed by atoms with Crippen LogP contribution in [0.25, 0.3) is 0 Å². The smallest absolute Gasteiger partial charge is 0.234 e. The maximum atomic E-state index is 11.6. The summed E-state index contributed by atoms with van der Waals surface area (Å²) in [5.74, 6) is -0.317. The van der Waals surface area contributed by atoms with Crippen molar-refractivity contribution in [3.63, 3.8) is 0 Å². The molecule has 2 heterocycles. The maximum absolute atomic E-state index is 11.6. The van der Waals surface area contributed by atoms with Gasteiger partial charge in [-0.3, -0.25) is 14.4 Å². The molecule has 2 N–H and O–H groups in total. The summed E-state index contributed by atoms with van der Waals surface area (Å²) in [6.07, 6.45) is 1.47. The van der Waals surface area contributed by atoms with E-state index in [-0.39, 0.29) is 18.1 Å². The Hall–Kier alpha value is -1.11. The number of carbonyl (C=O) groups is 1. The Balaban J connectivity index is 2.22. The lowest BCUT2D eigenvalue weighted by Crippen LogP contribution is -2.39. The highest BCUT2D eigenvalue weighted by molar-refractivity contribution is 6.30. The Kier molecular flexibility index (Phi) is 4.67. The van der Waals surface area contributed by atoms with Gasteiger partial charge in [0, 0.05) is 32.8 Å². The average molecular weight is 301 g/mol. The zero-order chi connectivity index (χ0) is 14.9. The molecule has 0 unspecified atom stereocenters. The van der Waals surface area contributed by atoms with Crippen LogP contribution < -0.4 is 5.73 Å². The van der Waals surface area contributed by atoms with Gasteiger partial charge in [0.15, 0.2) is 0 Å². The minimum absolute atomic E-state index is 0.0352. The molecule has 0 saturated carbocycles. The number of ether oxygens (including phenoxy) is 1. The van der Waals surface area contributed by atoms with Crippen LogP contribution >= 0.6 is 11.6 Å². The van der Waals surface area contributed by atoms with Crippen molar-refractivity contribution in [2.24, 2.45) is 12.8 Å². The quantitative estimate of drug-likeness (QED) is 0.869. The molecule has 1 amide bonds. The lowest BCUT2D eigenvalue weighted by atomic mass is 10.1. The zero-order valence-corrected chi connectivity index (χ0v) is 12.9. The average Bonchev–Trinajstić information content (AvgIpc) is 2.95. The van der Waals surface area contributed by atoms with Crippen LogP contribution in [0.5, 0.6) is 0 Å². The number of methoxy groups -OCH3 is 1. The van der Waals surface area contributed by atoms with Crippen LogP contribution in [-0.2, 0) is 29.5 Å². The molecule has 20 heavy (non-hydrogen) atoms. The van der Waals surface area contributed by atoms with E-state index in [1.165, 1.54) is 0 Å². The number of likely N-dealkylation sites (tertiary alicyclic amines) is 1. The number of nitrogens with two attached hydrogens (primary N) is 1. The van der Waals surface area contributed by atoms with Gasteiger partial charge in [-0.05, 0) is 12.8 Å². The fraction of sp³-hybridized carbons (Fsp3) is 0.692. The zero-order valence-electron chi connectivity index (χ0n) is 12.1. The van der Waals surface area contributed by atoms with Crippen molar-refractivity contribution in [1.82, 2.24) is 14.7 Å². The lowest BCUT2D eigenvalue weighted by molar-refractivity contribution is -0.122. The fourth-order valence-corrected chi connectivity index (χ4v) is 2.95. The molecule has 0 spiro atoms. The highest BCUT2D eigenvalue weighted by Crippen LogP contribution is 2.27. The number of carbonyl (C=O) groups excluding carboxylic acids is 1. The van der Waals surface area contributed by atoms with Crippen LogP contribution in [0.4, 0.5) is 0 Å². The fourth-order valence-electron chi connectivity index (χ4n) is 2.75. The van der Waals surface area contributed by atoms with Crippen LogP contribution in [0, 0.1) is 0 Å². The number of rotatable bonds is 5. The van der Waals surface area contributed by atoms with Crippen LogP contribution in [-0.4, -0.2) is 46.4 Å². The minimum Gasteiger partial charge on any atom is -0.380 e. The summed E-state index contributed by atoms with van der Waals surface area (Å²) in [5.41, 5.74) is 7.41. The van der Waals surface area contributed by atoms with Gasteiger partial charge < -0.3 is 10.5 Å². The van der Waals surface area contributed by atoms with Crippen molar-refractivity contribution >= 4 is 17.5 Å². The maximum Gasteiger partial charge on any atom is 0.234 e. The first-order valence-corrected chi connectivity index (χ1v) is 7.12.